The number of halogens is 1. The van der Waals surface area contributed by atoms with Crippen LogP contribution in [0.1, 0.15) is 24.8 Å². The molecular weight excluding hydrogens is 314 g/mol. The van der Waals surface area contributed by atoms with E-state index in [-0.39, 0.29) is 5.91 Å². The number of nitrogens with two attached hydrogens (primary N) is 1. The second-order valence-electron chi connectivity index (χ2n) is 5.84. The van der Waals surface area contributed by atoms with E-state index in [1.165, 1.54) is 0 Å². The maximum absolute atomic E-state index is 11.1. The van der Waals surface area contributed by atoms with Crippen molar-refractivity contribution in [1.82, 2.24) is 15.2 Å². The summed E-state index contributed by atoms with van der Waals surface area (Å²) in [5.74, 6) is 0.969. The quantitative estimate of drug-likeness (QED) is 0.484. The summed E-state index contributed by atoms with van der Waals surface area (Å²) in [6.45, 7) is 2.55. The Morgan fingerprint density at radius 2 is 2.39 bits per heavy atom. The van der Waals surface area contributed by atoms with Crippen LogP contribution < -0.4 is 11.1 Å². The third kappa shape index (κ3) is 5.71. The minimum absolute atomic E-state index is 0.227. The van der Waals surface area contributed by atoms with Gasteiger partial charge in [-0.3, -0.25) is 9.79 Å². The molecule has 2 heterocycles. The number of hydrogen-bond donors (Lipinski definition) is 2. The number of carbonyl (C=O) groups excluding carboxylic acids is 1. The molecule has 0 radical (unpaired) electrons. The van der Waals surface area contributed by atoms with Gasteiger partial charge in [-0.25, -0.2) is 4.98 Å². The Morgan fingerprint density at radius 3 is 3.04 bits per heavy atom. The molecule has 0 bridgehead atoms. The van der Waals surface area contributed by atoms with Crippen LogP contribution in [-0.4, -0.2) is 48.4 Å². The van der Waals surface area contributed by atoms with Crippen LogP contribution in [-0.2, 0) is 11.2 Å². The molecule has 7 heteroatoms. The van der Waals surface area contributed by atoms with E-state index in [9.17, 15) is 4.79 Å². The van der Waals surface area contributed by atoms with Gasteiger partial charge in [0.25, 0.3) is 0 Å². The van der Waals surface area contributed by atoms with Crippen molar-refractivity contribution in [2.45, 2.75) is 25.7 Å². The monoisotopic (exact) mass is 337 g/mol. The Morgan fingerprint density at radius 1 is 1.57 bits per heavy atom. The zero-order valence-electron chi connectivity index (χ0n) is 13.5. The lowest BCUT2D eigenvalue weighted by atomic mass is 9.95. The van der Waals surface area contributed by atoms with E-state index in [0.29, 0.717) is 17.5 Å². The van der Waals surface area contributed by atoms with Crippen LogP contribution >= 0.6 is 11.6 Å². The van der Waals surface area contributed by atoms with Gasteiger partial charge < -0.3 is 16.0 Å². The number of carbonyl (C=O) groups is 1. The van der Waals surface area contributed by atoms with Gasteiger partial charge in [-0.15, -0.1) is 0 Å². The predicted molar refractivity (Wildman–Crippen MR) is 92.4 cm³/mol. The number of guanidine groups is 1. The standard InChI is InChI=1S/C16H24ClN5O/c1-19-16(20-7-6-12-4-5-14(17)21-10-12)22-8-2-3-13(11-22)9-15(18)23/h4-5,10,13H,2-3,6-9,11H2,1H3,(H2,18,23)(H,19,20). The molecule has 1 aliphatic rings. The first-order chi connectivity index (χ1) is 11.1. The molecule has 1 saturated heterocycles. The molecule has 2 rings (SSSR count). The lowest BCUT2D eigenvalue weighted by molar-refractivity contribution is -0.119. The van der Waals surface area contributed by atoms with Gasteiger partial charge in [-0.05, 0) is 36.8 Å². The van der Waals surface area contributed by atoms with Crippen molar-refractivity contribution in [3.05, 3.63) is 29.0 Å². The van der Waals surface area contributed by atoms with Crippen molar-refractivity contribution in [1.29, 1.82) is 0 Å². The summed E-state index contributed by atoms with van der Waals surface area (Å²) in [6.07, 6.45) is 5.19. The van der Waals surface area contributed by atoms with Gasteiger partial charge in [-0.2, -0.15) is 0 Å². The number of nitrogens with one attached hydrogen (secondary N) is 1. The number of amides is 1. The summed E-state index contributed by atoms with van der Waals surface area (Å²) < 4.78 is 0. The Hall–Kier alpha value is -1.82. The Labute approximate surface area is 142 Å². The summed E-state index contributed by atoms with van der Waals surface area (Å²) in [5.41, 5.74) is 6.44. The lowest BCUT2D eigenvalue weighted by Crippen LogP contribution is -2.47. The number of likely N-dealkylation sites (tertiary alicyclic amines) is 1. The second kappa shape index (κ2) is 8.72. The van der Waals surface area contributed by atoms with E-state index in [2.05, 4.69) is 20.2 Å². The normalized spacial score (nSPS) is 18.8. The first-order valence-electron chi connectivity index (χ1n) is 7.93. The zero-order valence-corrected chi connectivity index (χ0v) is 14.2. The third-order valence-corrected chi connectivity index (χ3v) is 4.23. The number of aliphatic imine (C=N–C) groups is 1. The van der Waals surface area contributed by atoms with E-state index < -0.39 is 0 Å². The molecule has 0 aliphatic carbocycles. The van der Waals surface area contributed by atoms with E-state index >= 15 is 0 Å². The molecule has 1 aromatic heterocycles. The van der Waals surface area contributed by atoms with Crippen molar-refractivity contribution in [3.8, 4) is 0 Å². The first kappa shape index (κ1) is 17.5. The summed E-state index contributed by atoms with van der Waals surface area (Å²) in [4.78, 5) is 21.7. The van der Waals surface area contributed by atoms with Crippen LogP contribution in [0.4, 0.5) is 0 Å². The molecule has 1 aliphatic heterocycles. The van der Waals surface area contributed by atoms with E-state index in [4.69, 9.17) is 17.3 Å². The molecular formula is C16H24ClN5O. The average Bonchev–Trinajstić information content (AvgIpc) is 2.53. The number of nitrogens with zero attached hydrogens (tertiary/aromatic N) is 3. The van der Waals surface area contributed by atoms with Crippen LogP contribution in [0, 0.1) is 5.92 Å². The molecule has 1 fully saturated rings. The van der Waals surface area contributed by atoms with Crippen LogP contribution in [0.15, 0.2) is 23.3 Å². The van der Waals surface area contributed by atoms with E-state index in [0.717, 1.165) is 50.4 Å². The maximum atomic E-state index is 11.1. The molecule has 23 heavy (non-hydrogen) atoms. The second-order valence-corrected chi connectivity index (χ2v) is 6.23. The van der Waals surface area contributed by atoms with E-state index in [1.807, 2.05) is 6.07 Å². The fraction of sp³-hybridized carbons (Fsp3) is 0.562. The summed E-state index contributed by atoms with van der Waals surface area (Å²) in [5, 5.41) is 3.88. The maximum Gasteiger partial charge on any atom is 0.217 e. The Balaban J connectivity index is 1.82. The topological polar surface area (TPSA) is 83.6 Å². The number of aromatic nitrogens is 1. The molecule has 6 nitrogen and oxygen atoms in total. The van der Waals surface area contributed by atoms with Gasteiger partial charge in [-0.1, -0.05) is 17.7 Å². The molecule has 1 amide bonds. The van der Waals surface area contributed by atoms with Gasteiger partial charge in [0.1, 0.15) is 5.15 Å². The molecule has 0 spiro atoms. The van der Waals surface area contributed by atoms with Gasteiger partial charge in [0.05, 0.1) is 0 Å². The zero-order chi connectivity index (χ0) is 16.7. The summed E-state index contributed by atoms with van der Waals surface area (Å²) in [6, 6.07) is 3.77. The molecule has 126 valence electrons. The fourth-order valence-corrected chi connectivity index (χ4v) is 3.03. The van der Waals surface area contributed by atoms with Crippen LogP contribution in [0.2, 0.25) is 5.15 Å². The highest BCUT2D eigenvalue weighted by molar-refractivity contribution is 6.29. The van der Waals surface area contributed by atoms with Crippen LogP contribution in [0.25, 0.3) is 0 Å². The van der Waals surface area contributed by atoms with Crippen molar-refractivity contribution in [2.75, 3.05) is 26.7 Å². The highest BCUT2D eigenvalue weighted by Crippen LogP contribution is 2.19. The highest BCUT2D eigenvalue weighted by Gasteiger charge is 2.23. The Kier molecular flexibility index (Phi) is 6.65. The smallest absolute Gasteiger partial charge is 0.217 e. The van der Waals surface area contributed by atoms with Gasteiger partial charge in [0.2, 0.25) is 5.91 Å². The summed E-state index contributed by atoms with van der Waals surface area (Å²) in [7, 11) is 1.78. The Bertz CT molecular complexity index is 546. The number of piperidine rings is 1. The van der Waals surface area contributed by atoms with Crippen molar-refractivity contribution >= 4 is 23.5 Å². The molecule has 1 atom stereocenters. The van der Waals surface area contributed by atoms with Gasteiger partial charge in [0, 0.05) is 39.3 Å². The summed E-state index contributed by atoms with van der Waals surface area (Å²) >= 11 is 5.78. The number of pyridine rings is 1. The van der Waals surface area contributed by atoms with Gasteiger partial charge >= 0.3 is 0 Å². The fourth-order valence-electron chi connectivity index (χ4n) is 2.91. The number of rotatable bonds is 5. The van der Waals surface area contributed by atoms with Crippen molar-refractivity contribution in [3.63, 3.8) is 0 Å². The number of hydrogen-bond acceptors (Lipinski definition) is 3. The number of primary amides is 1. The van der Waals surface area contributed by atoms with Crippen molar-refractivity contribution < 1.29 is 4.79 Å². The minimum atomic E-state index is -0.227. The average molecular weight is 338 g/mol. The van der Waals surface area contributed by atoms with Crippen LogP contribution in [0.3, 0.4) is 0 Å². The molecule has 3 N–H and O–H groups in total. The lowest BCUT2D eigenvalue weighted by Gasteiger charge is -2.34. The molecule has 1 aromatic rings. The van der Waals surface area contributed by atoms with Crippen molar-refractivity contribution in [2.24, 2.45) is 16.6 Å². The van der Waals surface area contributed by atoms with Gasteiger partial charge in [0.15, 0.2) is 5.96 Å². The SMILES string of the molecule is CN=C(NCCc1ccc(Cl)nc1)N1CCCC(CC(N)=O)C1. The largest absolute Gasteiger partial charge is 0.370 e. The third-order valence-electron chi connectivity index (χ3n) is 4.01. The predicted octanol–water partition coefficient (Wildman–Crippen LogP) is 1.44. The molecule has 0 aromatic carbocycles. The molecule has 0 saturated carbocycles. The highest BCUT2D eigenvalue weighted by atomic mass is 35.5. The first-order valence-corrected chi connectivity index (χ1v) is 8.30. The van der Waals surface area contributed by atoms with E-state index in [1.54, 1.807) is 19.3 Å². The van der Waals surface area contributed by atoms with Crippen LogP contribution in [0.5, 0.6) is 0 Å². The molecule has 1 unspecified atom stereocenters. The minimum Gasteiger partial charge on any atom is -0.370 e.